The molecule has 112 valence electrons. The number of hydrogen-bond acceptors (Lipinski definition) is 2. The summed E-state index contributed by atoms with van der Waals surface area (Å²) in [4.78, 5) is 2.60. The van der Waals surface area contributed by atoms with Crippen molar-refractivity contribution in [3.8, 4) is 0 Å². The molecule has 0 aliphatic carbocycles. The first-order chi connectivity index (χ1) is 9.57. The van der Waals surface area contributed by atoms with Crippen molar-refractivity contribution in [3.05, 3.63) is 34.9 Å². The zero-order valence-electron chi connectivity index (χ0n) is 12.7. The van der Waals surface area contributed by atoms with Crippen molar-refractivity contribution < 1.29 is 0 Å². The van der Waals surface area contributed by atoms with Gasteiger partial charge in [0.1, 0.15) is 0 Å². The number of benzene rings is 1. The minimum atomic E-state index is 0.0658. The summed E-state index contributed by atoms with van der Waals surface area (Å²) in [6, 6.07) is 8.18. The molecule has 1 aromatic rings. The molecule has 1 saturated heterocycles. The normalized spacial score (nSPS) is 22.9. The van der Waals surface area contributed by atoms with Crippen molar-refractivity contribution in [1.82, 2.24) is 4.90 Å². The third kappa shape index (κ3) is 3.75. The molecule has 0 amide bonds. The Morgan fingerprint density at radius 1 is 1.35 bits per heavy atom. The van der Waals surface area contributed by atoms with Crippen molar-refractivity contribution in [3.63, 3.8) is 0 Å². The fraction of sp³-hybridized carbons (Fsp3) is 0.647. The highest BCUT2D eigenvalue weighted by Gasteiger charge is 2.35. The zero-order valence-corrected chi connectivity index (χ0v) is 13.5. The number of halogens is 1. The van der Waals surface area contributed by atoms with E-state index in [9.17, 15) is 0 Å². The topological polar surface area (TPSA) is 29.3 Å². The third-order valence-corrected chi connectivity index (χ3v) is 4.94. The minimum Gasteiger partial charge on any atom is -0.329 e. The fourth-order valence-corrected chi connectivity index (χ4v) is 3.45. The van der Waals surface area contributed by atoms with E-state index in [-0.39, 0.29) is 5.54 Å². The average molecular weight is 295 g/mol. The number of nitrogens with zero attached hydrogens (tertiary/aromatic N) is 1. The van der Waals surface area contributed by atoms with E-state index in [4.69, 9.17) is 17.3 Å². The molecule has 1 aromatic carbocycles. The van der Waals surface area contributed by atoms with Crippen LogP contribution < -0.4 is 5.73 Å². The predicted octanol–water partition coefficient (Wildman–Crippen LogP) is 3.72. The second-order valence-corrected chi connectivity index (χ2v) is 6.83. The molecule has 0 aromatic heterocycles. The van der Waals surface area contributed by atoms with Crippen LogP contribution in [0.3, 0.4) is 0 Å². The Bertz CT molecular complexity index is 418. The largest absolute Gasteiger partial charge is 0.329 e. The van der Waals surface area contributed by atoms with Gasteiger partial charge >= 0.3 is 0 Å². The van der Waals surface area contributed by atoms with Gasteiger partial charge in [0.2, 0.25) is 0 Å². The van der Waals surface area contributed by atoms with E-state index in [1.54, 1.807) is 0 Å². The van der Waals surface area contributed by atoms with Crippen LogP contribution in [0.15, 0.2) is 24.3 Å². The molecule has 20 heavy (non-hydrogen) atoms. The second-order valence-electron chi connectivity index (χ2n) is 6.39. The van der Waals surface area contributed by atoms with Crippen LogP contribution in [0.25, 0.3) is 0 Å². The predicted molar refractivity (Wildman–Crippen MR) is 87.2 cm³/mol. The Hall–Kier alpha value is -0.570. The molecule has 2 rings (SSSR count). The summed E-state index contributed by atoms with van der Waals surface area (Å²) in [5.41, 5.74) is 7.50. The van der Waals surface area contributed by atoms with Crippen molar-refractivity contribution in [2.75, 3.05) is 19.6 Å². The van der Waals surface area contributed by atoms with Gasteiger partial charge in [-0.15, -0.1) is 0 Å². The molecule has 2 atom stereocenters. The van der Waals surface area contributed by atoms with Gasteiger partial charge in [-0.25, -0.2) is 0 Å². The molecule has 2 nitrogen and oxygen atoms in total. The first-order valence-corrected chi connectivity index (χ1v) is 8.15. The molecule has 1 aliphatic heterocycles. The van der Waals surface area contributed by atoms with Gasteiger partial charge in [0.25, 0.3) is 0 Å². The van der Waals surface area contributed by atoms with Crippen LogP contribution in [0.4, 0.5) is 0 Å². The van der Waals surface area contributed by atoms with Crippen LogP contribution >= 0.6 is 11.6 Å². The summed E-state index contributed by atoms with van der Waals surface area (Å²) in [6.45, 7) is 7.67. The summed E-state index contributed by atoms with van der Waals surface area (Å²) >= 11 is 5.96. The molecule has 1 fully saturated rings. The van der Waals surface area contributed by atoms with E-state index >= 15 is 0 Å². The van der Waals surface area contributed by atoms with Crippen molar-refractivity contribution in [2.24, 2.45) is 11.7 Å². The first-order valence-electron chi connectivity index (χ1n) is 7.77. The van der Waals surface area contributed by atoms with Crippen molar-refractivity contribution in [2.45, 2.75) is 45.1 Å². The van der Waals surface area contributed by atoms with E-state index < -0.39 is 0 Å². The lowest BCUT2D eigenvalue weighted by Crippen LogP contribution is -2.52. The maximum Gasteiger partial charge on any atom is 0.0406 e. The van der Waals surface area contributed by atoms with E-state index in [2.05, 4.69) is 30.9 Å². The summed E-state index contributed by atoms with van der Waals surface area (Å²) < 4.78 is 0. The van der Waals surface area contributed by atoms with E-state index in [0.717, 1.165) is 17.4 Å². The summed E-state index contributed by atoms with van der Waals surface area (Å²) in [5, 5.41) is 0.799. The molecule has 2 unspecified atom stereocenters. The van der Waals surface area contributed by atoms with Gasteiger partial charge in [0.05, 0.1) is 0 Å². The van der Waals surface area contributed by atoms with Gasteiger partial charge < -0.3 is 5.73 Å². The molecule has 0 spiro atoms. The minimum absolute atomic E-state index is 0.0658. The third-order valence-electron chi connectivity index (χ3n) is 4.68. The summed E-state index contributed by atoms with van der Waals surface area (Å²) in [5.74, 6) is 0.857. The highest BCUT2D eigenvalue weighted by atomic mass is 35.5. The van der Waals surface area contributed by atoms with Crippen LogP contribution in [0.2, 0.25) is 5.02 Å². The van der Waals surface area contributed by atoms with Crippen LogP contribution in [-0.4, -0.2) is 30.1 Å². The lowest BCUT2D eigenvalue weighted by Gasteiger charge is -2.38. The first kappa shape index (κ1) is 15.8. The van der Waals surface area contributed by atoms with Gasteiger partial charge in [-0.2, -0.15) is 0 Å². The second kappa shape index (κ2) is 6.93. The average Bonchev–Trinajstić information content (AvgIpc) is 2.91. The Balaban J connectivity index is 2.03. The van der Waals surface area contributed by atoms with Crippen molar-refractivity contribution in [1.29, 1.82) is 0 Å². The lowest BCUT2D eigenvalue weighted by molar-refractivity contribution is 0.136. The van der Waals surface area contributed by atoms with Crippen LogP contribution in [0.5, 0.6) is 0 Å². The Kier molecular flexibility index (Phi) is 5.48. The summed E-state index contributed by atoms with van der Waals surface area (Å²) in [6.07, 6.45) is 4.96. The van der Waals surface area contributed by atoms with Gasteiger partial charge in [0, 0.05) is 23.7 Å². The van der Waals surface area contributed by atoms with E-state index in [0.29, 0.717) is 6.54 Å². The molecule has 0 bridgehead atoms. The quantitative estimate of drug-likeness (QED) is 0.866. The molecule has 0 saturated carbocycles. The number of hydrogen-bond donors (Lipinski definition) is 1. The number of nitrogens with two attached hydrogens (primary N) is 1. The molecule has 2 N–H and O–H groups in total. The zero-order chi connectivity index (χ0) is 14.6. The number of rotatable bonds is 6. The SMILES string of the molecule is CCCC1CCN(C(C)(CN)Cc2ccc(Cl)cc2)C1. The Morgan fingerprint density at radius 2 is 2.05 bits per heavy atom. The van der Waals surface area contributed by atoms with Crippen molar-refractivity contribution >= 4 is 11.6 Å². The number of likely N-dealkylation sites (tertiary alicyclic amines) is 1. The highest BCUT2D eigenvalue weighted by Crippen LogP contribution is 2.29. The maximum atomic E-state index is 6.12. The van der Waals surface area contributed by atoms with Crippen LogP contribution in [0, 0.1) is 5.92 Å². The maximum absolute atomic E-state index is 6.12. The Morgan fingerprint density at radius 3 is 2.65 bits per heavy atom. The fourth-order valence-electron chi connectivity index (χ4n) is 3.32. The van der Waals surface area contributed by atoms with Crippen LogP contribution in [-0.2, 0) is 6.42 Å². The van der Waals surface area contributed by atoms with E-state index in [1.165, 1.54) is 37.9 Å². The lowest BCUT2D eigenvalue weighted by atomic mass is 9.91. The highest BCUT2D eigenvalue weighted by molar-refractivity contribution is 6.30. The molecule has 1 heterocycles. The Labute approximate surface area is 128 Å². The van der Waals surface area contributed by atoms with Crippen LogP contribution in [0.1, 0.15) is 38.7 Å². The summed E-state index contributed by atoms with van der Waals surface area (Å²) in [7, 11) is 0. The molecular formula is C17H27ClN2. The molecule has 1 aliphatic rings. The molecule has 3 heteroatoms. The smallest absolute Gasteiger partial charge is 0.0406 e. The molecule has 0 radical (unpaired) electrons. The monoisotopic (exact) mass is 294 g/mol. The molecular weight excluding hydrogens is 268 g/mol. The van der Waals surface area contributed by atoms with E-state index in [1.807, 2.05) is 12.1 Å². The standard InChI is InChI=1S/C17H27ClN2/c1-3-4-15-9-10-20(12-15)17(2,13-19)11-14-5-7-16(18)8-6-14/h5-8,15H,3-4,9-13,19H2,1-2H3. The van der Waals surface area contributed by atoms with Gasteiger partial charge in [-0.3, -0.25) is 4.90 Å². The van der Waals surface area contributed by atoms with Gasteiger partial charge in [0.15, 0.2) is 0 Å². The van der Waals surface area contributed by atoms with Gasteiger partial charge in [-0.1, -0.05) is 37.1 Å². The van der Waals surface area contributed by atoms with Gasteiger partial charge in [-0.05, 0) is 56.3 Å².